The monoisotopic (exact) mass is 311 g/mol. The first-order chi connectivity index (χ1) is 11.2. The largest absolute Gasteiger partial charge is 0.368 e. The fourth-order valence-corrected chi connectivity index (χ4v) is 2.57. The first kappa shape index (κ1) is 17.0. The van der Waals surface area contributed by atoms with Crippen LogP contribution in [-0.4, -0.2) is 35.6 Å². The van der Waals surface area contributed by atoms with Crippen molar-refractivity contribution in [3.05, 3.63) is 61.4 Å². The van der Waals surface area contributed by atoms with Gasteiger partial charge in [0, 0.05) is 31.9 Å². The Labute approximate surface area is 138 Å². The molecule has 5 nitrogen and oxygen atoms in total. The summed E-state index contributed by atoms with van der Waals surface area (Å²) in [4.78, 5) is 10.5. The maximum atomic E-state index is 5.65. The molecule has 0 atom stereocenters. The van der Waals surface area contributed by atoms with Gasteiger partial charge in [-0.15, -0.1) is 0 Å². The molecule has 0 aliphatic carbocycles. The van der Waals surface area contributed by atoms with Crippen LogP contribution in [0.4, 0.5) is 11.8 Å². The summed E-state index contributed by atoms with van der Waals surface area (Å²) in [6.45, 7) is 10.3. The second-order valence-corrected chi connectivity index (χ2v) is 5.48. The molecule has 0 spiro atoms. The Balaban J connectivity index is 1.80. The number of nitrogens with zero attached hydrogens (tertiary/aromatic N) is 3. The summed E-state index contributed by atoms with van der Waals surface area (Å²) in [7, 11) is 0. The number of allylic oxidation sites excluding steroid dienone is 4. The molecule has 0 aromatic carbocycles. The SMILES string of the molecule is C=C/C=C\C=C(/C=C)CNC1CCN(c2ccnc(N)n2)CC1. The van der Waals surface area contributed by atoms with Gasteiger partial charge >= 0.3 is 0 Å². The number of nitrogen functional groups attached to an aromatic ring is 1. The summed E-state index contributed by atoms with van der Waals surface area (Å²) >= 11 is 0. The molecule has 1 aliphatic heterocycles. The second kappa shape index (κ2) is 8.90. The highest BCUT2D eigenvalue weighted by molar-refractivity contribution is 5.41. The van der Waals surface area contributed by atoms with E-state index in [1.54, 1.807) is 12.3 Å². The van der Waals surface area contributed by atoms with Gasteiger partial charge in [-0.2, -0.15) is 4.98 Å². The van der Waals surface area contributed by atoms with E-state index in [1.807, 2.05) is 24.3 Å². The Morgan fingerprint density at radius 2 is 2.13 bits per heavy atom. The summed E-state index contributed by atoms with van der Waals surface area (Å²) in [6.07, 6.45) is 13.5. The highest BCUT2D eigenvalue weighted by Gasteiger charge is 2.19. The van der Waals surface area contributed by atoms with Crippen molar-refractivity contribution in [1.82, 2.24) is 15.3 Å². The van der Waals surface area contributed by atoms with Crippen LogP contribution in [0, 0.1) is 0 Å². The minimum Gasteiger partial charge on any atom is -0.368 e. The third kappa shape index (κ3) is 5.38. The number of hydrogen-bond acceptors (Lipinski definition) is 5. The zero-order valence-corrected chi connectivity index (χ0v) is 13.5. The van der Waals surface area contributed by atoms with Crippen molar-refractivity contribution in [3.63, 3.8) is 0 Å². The predicted molar refractivity (Wildman–Crippen MR) is 97.3 cm³/mol. The lowest BCUT2D eigenvalue weighted by atomic mass is 10.0. The van der Waals surface area contributed by atoms with E-state index >= 15 is 0 Å². The van der Waals surface area contributed by atoms with Crippen molar-refractivity contribution >= 4 is 11.8 Å². The molecular weight excluding hydrogens is 286 g/mol. The van der Waals surface area contributed by atoms with Gasteiger partial charge in [-0.25, -0.2) is 4.98 Å². The van der Waals surface area contributed by atoms with E-state index in [1.165, 1.54) is 5.57 Å². The topological polar surface area (TPSA) is 67.1 Å². The first-order valence-corrected chi connectivity index (χ1v) is 7.90. The maximum absolute atomic E-state index is 5.65. The highest BCUT2D eigenvalue weighted by Crippen LogP contribution is 2.18. The van der Waals surface area contributed by atoms with Gasteiger partial charge < -0.3 is 16.0 Å². The Kier molecular flexibility index (Phi) is 6.56. The molecule has 1 aliphatic rings. The number of anilines is 2. The lowest BCUT2D eigenvalue weighted by molar-refractivity contribution is 0.427. The average Bonchev–Trinajstić information content (AvgIpc) is 2.58. The molecule has 0 unspecified atom stereocenters. The van der Waals surface area contributed by atoms with Crippen LogP contribution >= 0.6 is 0 Å². The third-order valence-corrected chi connectivity index (χ3v) is 3.89. The third-order valence-electron chi connectivity index (χ3n) is 3.89. The van der Waals surface area contributed by atoms with Crippen molar-refractivity contribution in [3.8, 4) is 0 Å². The Morgan fingerprint density at radius 3 is 2.78 bits per heavy atom. The van der Waals surface area contributed by atoms with Crippen LogP contribution in [0.1, 0.15) is 12.8 Å². The Hall–Kier alpha value is -2.40. The van der Waals surface area contributed by atoms with E-state index in [0.29, 0.717) is 12.0 Å². The molecular formula is C18H25N5. The highest BCUT2D eigenvalue weighted by atomic mass is 15.2. The lowest BCUT2D eigenvalue weighted by Crippen LogP contribution is -2.43. The van der Waals surface area contributed by atoms with Crippen molar-refractivity contribution in [2.75, 3.05) is 30.3 Å². The van der Waals surface area contributed by atoms with Crippen LogP contribution in [0.25, 0.3) is 0 Å². The molecule has 2 heterocycles. The summed E-state index contributed by atoms with van der Waals surface area (Å²) < 4.78 is 0. The van der Waals surface area contributed by atoms with E-state index in [0.717, 1.165) is 38.3 Å². The minimum absolute atomic E-state index is 0.330. The molecule has 5 heteroatoms. The van der Waals surface area contributed by atoms with Crippen LogP contribution in [-0.2, 0) is 0 Å². The fourth-order valence-electron chi connectivity index (χ4n) is 2.57. The van der Waals surface area contributed by atoms with Crippen molar-refractivity contribution in [2.24, 2.45) is 0 Å². The van der Waals surface area contributed by atoms with Crippen LogP contribution in [0.3, 0.4) is 0 Å². The second-order valence-electron chi connectivity index (χ2n) is 5.48. The van der Waals surface area contributed by atoms with Crippen molar-refractivity contribution < 1.29 is 0 Å². The summed E-state index contributed by atoms with van der Waals surface area (Å²) in [5.41, 5.74) is 6.83. The number of nitrogens with one attached hydrogen (secondary N) is 1. The normalized spacial score (nSPS) is 16.7. The van der Waals surface area contributed by atoms with E-state index < -0.39 is 0 Å². The smallest absolute Gasteiger partial charge is 0.221 e. The molecule has 1 aromatic heterocycles. The summed E-state index contributed by atoms with van der Waals surface area (Å²) in [5.74, 6) is 1.24. The van der Waals surface area contributed by atoms with Crippen molar-refractivity contribution in [1.29, 1.82) is 0 Å². The van der Waals surface area contributed by atoms with Gasteiger partial charge in [0.1, 0.15) is 5.82 Å². The Morgan fingerprint density at radius 1 is 1.35 bits per heavy atom. The van der Waals surface area contributed by atoms with Gasteiger partial charge in [-0.3, -0.25) is 0 Å². The van der Waals surface area contributed by atoms with E-state index in [2.05, 4.69) is 39.4 Å². The molecule has 0 saturated carbocycles. The van der Waals surface area contributed by atoms with Gasteiger partial charge in [0.2, 0.25) is 5.95 Å². The van der Waals surface area contributed by atoms with Gasteiger partial charge in [0.15, 0.2) is 0 Å². The molecule has 1 aromatic rings. The lowest BCUT2D eigenvalue weighted by Gasteiger charge is -2.33. The van der Waals surface area contributed by atoms with Crippen LogP contribution in [0.2, 0.25) is 0 Å². The Bertz CT molecular complexity index is 583. The summed E-state index contributed by atoms with van der Waals surface area (Å²) in [6, 6.07) is 2.42. The number of hydrogen-bond donors (Lipinski definition) is 2. The molecule has 1 fully saturated rings. The molecule has 3 N–H and O–H groups in total. The van der Waals surface area contributed by atoms with Gasteiger partial charge in [-0.05, 0) is 24.5 Å². The average molecular weight is 311 g/mol. The van der Waals surface area contributed by atoms with Crippen LogP contribution < -0.4 is 16.0 Å². The standard InChI is InChI=1S/C18H25N5/c1-3-5-6-7-15(4-2)14-21-16-9-12-23(13-10-16)17-8-11-20-18(19)22-17/h3-8,11,16,21H,1-2,9-10,12-14H2,(H2,19,20,22)/b6-5-,15-7+. The quantitative estimate of drug-likeness (QED) is 0.757. The molecule has 2 rings (SSSR count). The zero-order chi connectivity index (χ0) is 16.5. The molecule has 0 bridgehead atoms. The molecule has 0 amide bonds. The first-order valence-electron chi connectivity index (χ1n) is 7.90. The summed E-state index contributed by atoms with van der Waals surface area (Å²) in [5, 5.41) is 3.60. The molecule has 23 heavy (non-hydrogen) atoms. The molecule has 1 saturated heterocycles. The van der Waals surface area contributed by atoms with E-state index in [4.69, 9.17) is 5.73 Å². The number of piperidine rings is 1. The van der Waals surface area contributed by atoms with E-state index in [9.17, 15) is 0 Å². The number of rotatable bonds is 7. The van der Waals surface area contributed by atoms with E-state index in [-0.39, 0.29) is 0 Å². The van der Waals surface area contributed by atoms with Crippen molar-refractivity contribution in [2.45, 2.75) is 18.9 Å². The minimum atomic E-state index is 0.330. The van der Waals surface area contributed by atoms with Gasteiger partial charge in [-0.1, -0.05) is 43.5 Å². The fraction of sp³-hybridized carbons (Fsp3) is 0.333. The van der Waals surface area contributed by atoms with Crippen LogP contribution in [0.5, 0.6) is 0 Å². The van der Waals surface area contributed by atoms with Gasteiger partial charge in [0.05, 0.1) is 0 Å². The maximum Gasteiger partial charge on any atom is 0.221 e. The zero-order valence-electron chi connectivity index (χ0n) is 13.5. The molecule has 0 radical (unpaired) electrons. The van der Waals surface area contributed by atoms with Crippen LogP contribution in [0.15, 0.2) is 61.4 Å². The predicted octanol–water partition coefficient (Wildman–Crippen LogP) is 2.47. The number of aromatic nitrogens is 2. The number of nitrogens with two attached hydrogens (primary N) is 1. The van der Waals surface area contributed by atoms with Gasteiger partial charge in [0.25, 0.3) is 0 Å². The molecule has 122 valence electrons.